The lowest BCUT2D eigenvalue weighted by atomic mass is 10.2. The minimum absolute atomic E-state index is 0.130. The molecule has 0 spiro atoms. The van der Waals surface area contributed by atoms with E-state index in [1.165, 1.54) is 0 Å². The average molecular weight is 162 g/mol. The van der Waals surface area contributed by atoms with Crippen LogP contribution in [0.15, 0.2) is 29.4 Å². The van der Waals surface area contributed by atoms with Crippen molar-refractivity contribution in [2.75, 3.05) is 0 Å². The maximum absolute atomic E-state index is 5.00. The van der Waals surface area contributed by atoms with Gasteiger partial charge in [0.2, 0.25) is 0 Å². The molecule has 0 aliphatic carbocycles. The van der Waals surface area contributed by atoms with Crippen LogP contribution in [0.25, 0.3) is 0 Å². The first-order valence-electron chi connectivity index (χ1n) is 3.95. The second kappa shape index (κ2) is 4.54. The predicted octanol–water partition coefficient (Wildman–Crippen LogP) is 2.25. The molecule has 0 bridgehead atoms. The van der Waals surface area contributed by atoms with Crippen LogP contribution < -0.4 is 0 Å². The van der Waals surface area contributed by atoms with Gasteiger partial charge in [-0.15, -0.1) is 0 Å². The van der Waals surface area contributed by atoms with Gasteiger partial charge in [0.15, 0.2) is 0 Å². The van der Waals surface area contributed by atoms with E-state index in [-0.39, 0.29) is 6.10 Å². The quantitative estimate of drug-likeness (QED) is 0.493. The van der Waals surface area contributed by atoms with E-state index in [2.05, 4.69) is 11.2 Å². The molecule has 1 rings (SSSR count). The summed E-state index contributed by atoms with van der Waals surface area (Å²) < 4.78 is 0. The molecule has 0 aromatic heterocycles. The molecule has 2 nitrogen and oxygen atoms in total. The molecule has 0 aliphatic rings. The Balaban J connectivity index is 2.47. The first kappa shape index (κ1) is 8.78. The standard InChI is InChI=1S/C10H12NO/c1-9(2)12-11-8-10-6-4-3-5-7-10/h3-6,8-9H,1-2H3/b11-8+. The van der Waals surface area contributed by atoms with Gasteiger partial charge in [-0.1, -0.05) is 29.4 Å². The van der Waals surface area contributed by atoms with E-state index < -0.39 is 0 Å². The van der Waals surface area contributed by atoms with E-state index in [9.17, 15) is 0 Å². The van der Waals surface area contributed by atoms with Gasteiger partial charge in [-0.25, -0.2) is 0 Å². The molecule has 0 saturated carbocycles. The molecular formula is C10H12NO. The molecule has 1 aromatic rings. The first-order valence-corrected chi connectivity index (χ1v) is 3.95. The Morgan fingerprint density at radius 2 is 2.33 bits per heavy atom. The van der Waals surface area contributed by atoms with E-state index in [4.69, 9.17) is 4.84 Å². The highest BCUT2D eigenvalue weighted by Gasteiger charge is 1.88. The SMILES string of the molecule is CC(C)O/N=C/c1[c]cccc1. The molecule has 2 heteroatoms. The van der Waals surface area contributed by atoms with Gasteiger partial charge >= 0.3 is 0 Å². The van der Waals surface area contributed by atoms with E-state index >= 15 is 0 Å². The highest BCUT2D eigenvalue weighted by molar-refractivity contribution is 5.78. The molecule has 0 unspecified atom stereocenters. The van der Waals surface area contributed by atoms with Crippen molar-refractivity contribution in [3.05, 3.63) is 35.9 Å². The van der Waals surface area contributed by atoms with Crippen molar-refractivity contribution in [2.24, 2.45) is 5.16 Å². The molecule has 0 aliphatic heterocycles. The molecule has 0 fully saturated rings. The Bertz CT molecular complexity index is 241. The third kappa shape index (κ3) is 3.19. The molecule has 0 amide bonds. The molecule has 0 N–H and O–H groups in total. The predicted molar refractivity (Wildman–Crippen MR) is 49.1 cm³/mol. The largest absolute Gasteiger partial charge is 0.393 e. The van der Waals surface area contributed by atoms with Crippen LogP contribution >= 0.6 is 0 Å². The average Bonchev–Trinajstić information content (AvgIpc) is 2.05. The lowest BCUT2D eigenvalue weighted by Crippen LogP contribution is -1.95. The summed E-state index contributed by atoms with van der Waals surface area (Å²) >= 11 is 0. The first-order chi connectivity index (χ1) is 5.79. The summed E-state index contributed by atoms with van der Waals surface area (Å²) in [6.45, 7) is 3.87. The zero-order chi connectivity index (χ0) is 8.81. The van der Waals surface area contributed by atoms with Gasteiger partial charge in [0.05, 0.1) is 6.21 Å². The number of hydrogen-bond donors (Lipinski definition) is 0. The fraction of sp³-hybridized carbons (Fsp3) is 0.300. The highest BCUT2D eigenvalue weighted by atomic mass is 16.6. The van der Waals surface area contributed by atoms with Gasteiger partial charge in [-0.05, 0) is 19.9 Å². The Morgan fingerprint density at radius 1 is 1.50 bits per heavy atom. The monoisotopic (exact) mass is 162 g/mol. The smallest absolute Gasteiger partial charge is 0.122 e. The van der Waals surface area contributed by atoms with Crippen molar-refractivity contribution >= 4 is 6.21 Å². The summed E-state index contributed by atoms with van der Waals surface area (Å²) in [5, 5.41) is 3.78. The van der Waals surface area contributed by atoms with Crippen LogP contribution in [-0.4, -0.2) is 12.3 Å². The minimum Gasteiger partial charge on any atom is -0.393 e. The topological polar surface area (TPSA) is 21.6 Å². The summed E-state index contributed by atoms with van der Waals surface area (Å²) in [6, 6.07) is 10.6. The molecule has 1 radical (unpaired) electrons. The summed E-state index contributed by atoms with van der Waals surface area (Å²) in [5.41, 5.74) is 0.929. The molecule has 0 heterocycles. The van der Waals surface area contributed by atoms with Gasteiger partial charge < -0.3 is 4.84 Å². The molecule has 1 aromatic carbocycles. The summed E-state index contributed by atoms with van der Waals surface area (Å²) in [5.74, 6) is 0. The van der Waals surface area contributed by atoms with Crippen molar-refractivity contribution in [3.63, 3.8) is 0 Å². The van der Waals surface area contributed by atoms with E-state index in [0.29, 0.717) is 0 Å². The van der Waals surface area contributed by atoms with E-state index in [1.807, 2.05) is 38.1 Å². The van der Waals surface area contributed by atoms with Gasteiger partial charge in [0.25, 0.3) is 0 Å². The highest BCUT2D eigenvalue weighted by Crippen LogP contribution is 1.94. The van der Waals surface area contributed by atoms with Crippen molar-refractivity contribution in [1.29, 1.82) is 0 Å². The Labute approximate surface area is 72.9 Å². The van der Waals surface area contributed by atoms with Gasteiger partial charge in [-0.3, -0.25) is 0 Å². The second-order valence-corrected chi connectivity index (χ2v) is 2.71. The number of benzene rings is 1. The molecule has 0 atom stereocenters. The number of oxime groups is 1. The van der Waals surface area contributed by atoms with E-state index in [0.717, 1.165) is 5.56 Å². The molecule has 12 heavy (non-hydrogen) atoms. The third-order valence-corrected chi connectivity index (χ3v) is 1.20. The maximum atomic E-state index is 5.00. The van der Waals surface area contributed by atoms with Gasteiger partial charge in [-0.2, -0.15) is 0 Å². The second-order valence-electron chi connectivity index (χ2n) is 2.71. The fourth-order valence-electron chi connectivity index (χ4n) is 0.696. The molecular weight excluding hydrogens is 150 g/mol. The van der Waals surface area contributed by atoms with Crippen LogP contribution in [0.1, 0.15) is 19.4 Å². The van der Waals surface area contributed by atoms with Crippen LogP contribution in [0, 0.1) is 6.07 Å². The Kier molecular flexibility index (Phi) is 3.33. The van der Waals surface area contributed by atoms with Crippen molar-refractivity contribution in [3.8, 4) is 0 Å². The normalized spacial score (nSPS) is 10.9. The van der Waals surface area contributed by atoms with Crippen LogP contribution in [0.5, 0.6) is 0 Å². The van der Waals surface area contributed by atoms with Crippen molar-refractivity contribution < 1.29 is 4.84 Å². The number of hydrogen-bond acceptors (Lipinski definition) is 2. The third-order valence-electron chi connectivity index (χ3n) is 1.20. The molecule has 0 saturated heterocycles. The fourth-order valence-corrected chi connectivity index (χ4v) is 0.696. The van der Waals surface area contributed by atoms with Crippen LogP contribution in [0.2, 0.25) is 0 Å². The van der Waals surface area contributed by atoms with Crippen LogP contribution in [0.3, 0.4) is 0 Å². The zero-order valence-electron chi connectivity index (χ0n) is 7.32. The minimum atomic E-state index is 0.130. The van der Waals surface area contributed by atoms with Crippen molar-refractivity contribution in [2.45, 2.75) is 20.0 Å². The lowest BCUT2D eigenvalue weighted by Gasteiger charge is -1.99. The Hall–Kier alpha value is -1.31. The van der Waals surface area contributed by atoms with Gasteiger partial charge in [0.1, 0.15) is 6.10 Å². The maximum Gasteiger partial charge on any atom is 0.122 e. The summed E-state index contributed by atoms with van der Waals surface area (Å²) in [4.78, 5) is 5.00. The lowest BCUT2D eigenvalue weighted by molar-refractivity contribution is 0.0873. The van der Waals surface area contributed by atoms with Crippen LogP contribution in [-0.2, 0) is 4.84 Å². The number of nitrogens with zero attached hydrogens (tertiary/aromatic N) is 1. The van der Waals surface area contributed by atoms with Crippen molar-refractivity contribution in [1.82, 2.24) is 0 Å². The summed E-state index contributed by atoms with van der Waals surface area (Å²) in [6.07, 6.45) is 1.78. The van der Waals surface area contributed by atoms with Gasteiger partial charge in [0, 0.05) is 5.56 Å². The summed E-state index contributed by atoms with van der Waals surface area (Å²) in [7, 11) is 0. The van der Waals surface area contributed by atoms with Crippen LogP contribution in [0.4, 0.5) is 0 Å². The number of rotatable bonds is 3. The zero-order valence-corrected chi connectivity index (χ0v) is 7.32. The molecule has 63 valence electrons. The van der Waals surface area contributed by atoms with E-state index in [1.54, 1.807) is 6.21 Å². The Morgan fingerprint density at radius 3 is 2.92 bits per heavy atom.